The summed E-state index contributed by atoms with van der Waals surface area (Å²) in [5.74, 6) is 0.433. The highest BCUT2D eigenvalue weighted by atomic mass is 35.5. The van der Waals surface area contributed by atoms with Gasteiger partial charge in [-0.3, -0.25) is 4.79 Å². The zero-order chi connectivity index (χ0) is 23.9. The van der Waals surface area contributed by atoms with E-state index in [2.05, 4.69) is 0 Å². The lowest BCUT2D eigenvalue weighted by atomic mass is 9.91. The van der Waals surface area contributed by atoms with Crippen molar-refractivity contribution in [3.05, 3.63) is 67.2 Å². The summed E-state index contributed by atoms with van der Waals surface area (Å²) in [6.45, 7) is 2.85. The van der Waals surface area contributed by atoms with E-state index in [1.165, 1.54) is 0 Å². The van der Waals surface area contributed by atoms with Gasteiger partial charge >= 0.3 is 0 Å². The topological polar surface area (TPSA) is 42.3 Å². The molecule has 0 N–H and O–H groups in total. The molecule has 8 heteroatoms. The molecule has 0 unspecified atom stereocenters. The average Bonchev–Trinajstić information content (AvgIpc) is 3.07. The number of amides is 1. The summed E-state index contributed by atoms with van der Waals surface area (Å²) in [6.07, 6.45) is 2.66. The molecule has 1 aliphatic rings. The van der Waals surface area contributed by atoms with E-state index in [-0.39, 0.29) is 11.7 Å². The number of benzene rings is 2. The van der Waals surface area contributed by atoms with Crippen LogP contribution < -0.4 is 0 Å². The van der Waals surface area contributed by atoms with E-state index in [1.807, 2.05) is 28.6 Å². The Morgan fingerprint density at radius 2 is 1.70 bits per heavy atom. The fourth-order valence-corrected chi connectivity index (χ4v) is 5.72. The first kappa shape index (κ1) is 24.4. The van der Waals surface area contributed by atoms with Gasteiger partial charge in [-0.25, -0.2) is 0 Å². The van der Waals surface area contributed by atoms with Gasteiger partial charge in [0.15, 0.2) is 0 Å². The van der Waals surface area contributed by atoms with Crippen molar-refractivity contribution in [2.45, 2.75) is 32.6 Å². The van der Waals surface area contributed by atoms with E-state index in [4.69, 9.17) is 46.4 Å². The zero-order valence-electron chi connectivity index (χ0n) is 18.4. The van der Waals surface area contributed by atoms with Crippen molar-refractivity contribution < 1.29 is 9.59 Å². The van der Waals surface area contributed by atoms with Crippen LogP contribution in [0.4, 0.5) is 0 Å². The van der Waals surface area contributed by atoms with Crippen LogP contribution in [0, 0.1) is 5.92 Å². The van der Waals surface area contributed by atoms with Crippen LogP contribution in [0.3, 0.4) is 0 Å². The summed E-state index contributed by atoms with van der Waals surface area (Å²) in [5, 5.41) is 2.91. The number of piperidine rings is 1. The van der Waals surface area contributed by atoms with Gasteiger partial charge in [-0.05, 0) is 61.6 Å². The fraction of sp³-hybridized carbons (Fsp3) is 0.360. The van der Waals surface area contributed by atoms with E-state index in [0.717, 1.165) is 29.4 Å². The molecule has 33 heavy (non-hydrogen) atoms. The molecule has 4 nitrogen and oxygen atoms in total. The van der Waals surface area contributed by atoms with Crippen molar-refractivity contribution in [1.29, 1.82) is 0 Å². The first-order chi connectivity index (χ1) is 15.7. The Hall–Kier alpha value is -1.72. The van der Waals surface area contributed by atoms with E-state index >= 15 is 0 Å². The number of halogens is 4. The monoisotopic (exact) mass is 524 g/mol. The van der Waals surface area contributed by atoms with Gasteiger partial charge in [0.1, 0.15) is 5.78 Å². The molecule has 1 aliphatic heterocycles. The second-order valence-corrected chi connectivity index (χ2v) is 10.3. The summed E-state index contributed by atoms with van der Waals surface area (Å²) in [6, 6.07) is 9.00. The second kappa shape index (κ2) is 9.87. The maximum absolute atomic E-state index is 13.2. The summed E-state index contributed by atoms with van der Waals surface area (Å²) >= 11 is 25.8. The smallest absolute Gasteiger partial charge is 0.255 e. The molecule has 1 amide bonds. The van der Waals surface area contributed by atoms with Crippen LogP contribution in [0.15, 0.2) is 30.3 Å². The number of aromatic nitrogens is 1. The van der Waals surface area contributed by atoms with Gasteiger partial charge < -0.3 is 14.3 Å². The molecule has 1 saturated heterocycles. The molecule has 0 bridgehead atoms. The minimum atomic E-state index is -0.105. The van der Waals surface area contributed by atoms with Gasteiger partial charge in [-0.1, -0.05) is 46.4 Å². The quantitative estimate of drug-likeness (QED) is 0.353. The number of carbonyl (C=O) groups is 2. The summed E-state index contributed by atoms with van der Waals surface area (Å²) in [4.78, 5) is 26.5. The van der Waals surface area contributed by atoms with Crippen LogP contribution in [0.5, 0.6) is 0 Å². The van der Waals surface area contributed by atoms with Crippen LogP contribution in [0.25, 0.3) is 10.9 Å². The van der Waals surface area contributed by atoms with Crippen LogP contribution in [-0.2, 0) is 18.3 Å². The predicted octanol–water partition coefficient (Wildman–Crippen LogP) is 7.21. The Bertz CT molecular complexity index is 1240. The zero-order valence-corrected chi connectivity index (χ0v) is 21.5. The molecule has 174 valence electrons. The molecule has 2 aromatic carbocycles. The van der Waals surface area contributed by atoms with Crippen LogP contribution in [0.1, 0.15) is 47.8 Å². The lowest BCUT2D eigenvalue weighted by Crippen LogP contribution is -2.39. The fourth-order valence-electron chi connectivity index (χ4n) is 4.60. The average molecular weight is 526 g/mol. The Balaban J connectivity index is 1.60. The summed E-state index contributed by atoms with van der Waals surface area (Å²) in [7, 11) is 1.94. The van der Waals surface area contributed by atoms with Gasteiger partial charge in [0.2, 0.25) is 0 Å². The number of rotatable bonds is 5. The third-order valence-electron chi connectivity index (χ3n) is 6.43. The van der Waals surface area contributed by atoms with E-state index in [0.29, 0.717) is 63.1 Å². The van der Waals surface area contributed by atoms with E-state index in [1.54, 1.807) is 25.1 Å². The molecule has 0 atom stereocenters. The number of ketones is 1. The lowest BCUT2D eigenvalue weighted by molar-refractivity contribution is -0.118. The van der Waals surface area contributed by atoms with Crippen molar-refractivity contribution in [3.63, 3.8) is 0 Å². The normalized spacial score (nSPS) is 14.8. The number of nitrogens with zero attached hydrogens (tertiary/aromatic N) is 2. The predicted molar refractivity (Wildman–Crippen MR) is 136 cm³/mol. The Morgan fingerprint density at radius 3 is 2.36 bits per heavy atom. The minimum Gasteiger partial charge on any atom is -0.347 e. The number of likely N-dealkylation sites (tertiary alicyclic amines) is 1. The van der Waals surface area contributed by atoms with Gasteiger partial charge in [-0.2, -0.15) is 0 Å². The van der Waals surface area contributed by atoms with Gasteiger partial charge in [-0.15, -0.1) is 0 Å². The molecular weight excluding hydrogens is 502 g/mol. The summed E-state index contributed by atoms with van der Waals surface area (Å²) in [5.41, 5.74) is 3.01. The number of aryl methyl sites for hydroxylation is 1. The van der Waals surface area contributed by atoms with Crippen molar-refractivity contribution in [2.24, 2.45) is 13.0 Å². The van der Waals surface area contributed by atoms with Crippen LogP contribution >= 0.6 is 46.4 Å². The van der Waals surface area contributed by atoms with Crippen LogP contribution in [0.2, 0.25) is 20.1 Å². The SMILES string of the molecule is CC(=O)CC1CCN(C(=O)c2ccc(Cl)c(Cc3cc4c(Cl)cc(Cl)cc4n3C)c2Cl)CC1. The molecule has 1 fully saturated rings. The molecule has 0 spiro atoms. The minimum absolute atomic E-state index is 0.105. The van der Waals surface area contributed by atoms with Crippen LogP contribution in [-0.4, -0.2) is 34.2 Å². The van der Waals surface area contributed by atoms with Crippen molar-refractivity contribution in [2.75, 3.05) is 13.1 Å². The molecule has 2 heterocycles. The van der Waals surface area contributed by atoms with Gasteiger partial charge in [0.05, 0.1) is 21.1 Å². The van der Waals surface area contributed by atoms with E-state index < -0.39 is 0 Å². The lowest BCUT2D eigenvalue weighted by Gasteiger charge is -2.32. The molecule has 1 aromatic heterocycles. The van der Waals surface area contributed by atoms with Gasteiger partial charge in [0, 0.05) is 54.1 Å². The molecule has 0 aliphatic carbocycles. The Labute approximate surface area is 213 Å². The number of hydrogen-bond donors (Lipinski definition) is 0. The number of Topliss-reactive ketones (excluding diaryl/α,β-unsaturated/α-hetero) is 1. The first-order valence-corrected chi connectivity index (χ1v) is 12.4. The third-order valence-corrected chi connectivity index (χ3v) is 7.74. The highest BCUT2D eigenvalue weighted by Crippen LogP contribution is 2.35. The summed E-state index contributed by atoms with van der Waals surface area (Å²) < 4.78 is 2.01. The third kappa shape index (κ3) is 5.05. The Morgan fingerprint density at radius 1 is 1.00 bits per heavy atom. The maximum atomic E-state index is 13.2. The molecule has 0 radical (unpaired) electrons. The van der Waals surface area contributed by atoms with E-state index in [9.17, 15) is 9.59 Å². The highest BCUT2D eigenvalue weighted by Gasteiger charge is 2.27. The molecular formula is C25H24Cl4N2O2. The molecule has 0 saturated carbocycles. The molecule has 4 rings (SSSR count). The Kier molecular flexibility index (Phi) is 7.30. The first-order valence-electron chi connectivity index (χ1n) is 10.8. The largest absolute Gasteiger partial charge is 0.347 e. The number of fused-ring (bicyclic) bond motifs is 1. The maximum Gasteiger partial charge on any atom is 0.255 e. The van der Waals surface area contributed by atoms with Crippen molar-refractivity contribution in [3.8, 4) is 0 Å². The van der Waals surface area contributed by atoms with Gasteiger partial charge in [0.25, 0.3) is 5.91 Å². The van der Waals surface area contributed by atoms with Crippen molar-refractivity contribution >= 4 is 69.0 Å². The standard InChI is InChI=1S/C25H24Cl4N2O2/c1-14(32)9-15-5-7-31(8-6-15)25(33)18-3-4-21(27)20(24(18)29)13-17-12-19-22(28)10-16(26)11-23(19)30(17)2/h3-4,10-12,15H,5-9,13H2,1-2H3. The highest BCUT2D eigenvalue weighted by molar-refractivity contribution is 6.39. The molecule has 3 aromatic rings. The number of carbonyl (C=O) groups excluding carboxylic acids is 2. The van der Waals surface area contributed by atoms with Crippen molar-refractivity contribution in [1.82, 2.24) is 9.47 Å². The second-order valence-electron chi connectivity index (χ2n) is 8.72. The number of hydrogen-bond acceptors (Lipinski definition) is 2.